The summed E-state index contributed by atoms with van der Waals surface area (Å²) in [4.78, 5) is 26.5. The number of carbonyl (C=O) groups excluding carboxylic acids is 2. The summed E-state index contributed by atoms with van der Waals surface area (Å²) in [6, 6.07) is 13.0. The van der Waals surface area contributed by atoms with Gasteiger partial charge in [0.1, 0.15) is 0 Å². The number of carbonyl (C=O) groups is 2. The van der Waals surface area contributed by atoms with Gasteiger partial charge in [0.05, 0.1) is 6.54 Å². The summed E-state index contributed by atoms with van der Waals surface area (Å²) >= 11 is 0. The molecule has 2 aromatic carbocycles. The number of benzene rings is 2. The smallest absolute Gasteiger partial charge is 0.269 e. The normalized spacial score (nSPS) is 14.5. The van der Waals surface area contributed by atoms with E-state index < -0.39 is 5.91 Å². The third kappa shape index (κ3) is 3.28. The van der Waals surface area contributed by atoms with Crippen molar-refractivity contribution in [2.45, 2.75) is 12.8 Å². The van der Waals surface area contributed by atoms with Crippen LogP contribution >= 0.6 is 0 Å². The number of nitrogens with zero attached hydrogens (tertiary/aromatic N) is 1. The molecule has 0 saturated carbocycles. The van der Waals surface area contributed by atoms with Crippen molar-refractivity contribution in [3.63, 3.8) is 0 Å². The first kappa shape index (κ1) is 16.3. The van der Waals surface area contributed by atoms with Gasteiger partial charge in [0.25, 0.3) is 11.8 Å². The van der Waals surface area contributed by atoms with E-state index >= 15 is 0 Å². The monoisotopic (exact) mass is 353 g/mol. The number of amides is 2. The van der Waals surface area contributed by atoms with E-state index in [2.05, 4.69) is 16.9 Å². The van der Waals surface area contributed by atoms with Crippen molar-refractivity contribution in [3.05, 3.63) is 53.6 Å². The lowest BCUT2D eigenvalue weighted by Gasteiger charge is -2.30. The summed E-state index contributed by atoms with van der Waals surface area (Å²) in [5.74, 6) is 0.453. The zero-order valence-electron chi connectivity index (χ0n) is 14.2. The zero-order valence-corrected chi connectivity index (χ0v) is 14.2. The van der Waals surface area contributed by atoms with Crippen LogP contribution in [-0.2, 0) is 11.2 Å². The van der Waals surface area contributed by atoms with Gasteiger partial charge in [-0.2, -0.15) is 0 Å². The predicted octanol–water partition coefficient (Wildman–Crippen LogP) is 1.63. The second kappa shape index (κ2) is 6.95. The molecule has 134 valence electrons. The maximum Gasteiger partial charge on any atom is 0.269 e. The van der Waals surface area contributed by atoms with Crippen LogP contribution < -0.4 is 25.2 Å². The lowest BCUT2D eigenvalue weighted by molar-refractivity contribution is -0.120. The van der Waals surface area contributed by atoms with E-state index in [0.717, 1.165) is 25.1 Å². The Balaban J connectivity index is 1.34. The lowest BCUT2D eigenvalue weighted by Crippen LogP contribution is -2.47. The summed E-state index contributed by atoms with van der Waals surface area (Å²) in [5.41, 5.74) is 7.63. The molecule has 0 atom stereocenters. The van der Waals surface area contributed by atoms with Crippen molar-refractivity contribution in [3.8, 4) is 11.5 Å². The fourth-order valence-corrected chi connectivity index (χ4v) is 3.23. The molecule has 2 N–H and O–H groups in total. The maximum absolute atomic E-state index is 12.2. The van der Waals surface area contributed by atoms with E-state index in [1.54, 1.807) is 18.2 Å². The maximum atomic E-state index is 12.2. The van der Waals surface area contributed by atoms with Crippen LogP contribution in [0.2, 0.25) is 0 Å². The van der Waals surface area contributed by atoms with E-state index in [1.807, 2.05) is 23.1 Å². The predicted molar refractivity (Wildman–Crippen MR) is 95.1 cm³/mol. The first-order chi connectivity index (χ1) is 12.7. The summed E-state index contributed by atoms with van der Waals surface area (Å²) in [5, 5.41) is 0. The first-order valence-electron chi connectivity index (χ1n) is 8.52. The van der Waals surface area contributed by atoms with E-state index in [1.165, 1.54) is 5.56 Å². The summed E-state index contributed by atoms with van der Waals surface area (Å²) in [7, 11) is 0. The molecule has 0 bridgehead atoms. The van der Waals surface area contributed by atoms with E-state index in [0.29, 0.717) is 17.1 Å². The number of rotatable bonds is 3. The Labute approximate surface area is 150 Å². The SMILES string of the molecule is O=C(CN1CCCc2ccccc21)NNC(=O)c1ccc2c(c1)OCO2. The van der Waals surface area contributed by atoms with Crippen molar-refractivity contribution in [2.24, 2.45) is 0 Å². The molecule has 2 aliphatic heterocycles. The van der Waals surface area contributed by atoms with Gasteiger partial charge in [-0.1, -0.05) is 18.2 Å². The number of hydrazine groups is 1. The van der Waals surface area contributed by atoms with E-state index in [4.69, 9.17) is 9.47 Å². The molecule has 2 aromatic rings. The minimum absolute atomic E-state index is 0.147. The zero-order chi connectivity index (χ0) is 17.9. The lowest BCUT2D eigenvalue weighted by atomic mass is 10.0. The molecule has 2 amide bonds. The molecular formula is C19H19N3O4. The molecular weight excluding hydrogens is 334 g/mol. The molecule has 0 saturated heterocycles. The molecule has 7 heteroatoms. The molecule has 0 radical (unpaired) electrons. The number of ether oxygens (including phenoxy) is 2. The van der Waals surface area contributed by atoms with Crippen LogP contribution in [0.3, 0.4) is 0 Å². The average Bonchev–Trinajstić information content (AvgIpc) is 3.14. The van der Waals surface area contributed by atoms with Crippen LogP contribution in [0.5, 0.6) is 11.5 Å². The molecule has 0 unspecified atom stereocenters. The van der Waals surface area contributed by atoms with Gasteiger partial charge < -0.3 is 14.4 Å². The minimum Gasteiger partial charge on any atom is -0.454 e. The van der Waals surface area contributed by atoms with Gasteiger partial charge in [-0.15, -0.1) is 0 Å². The highest BCUT2D eigenvalue weighted by Gasteiger charge is 2.20. The van der Waals surface area contributed by atoms with Crippen molar-refractivity contribution in [1.82, 2.24) is 10.9 Å². The molecule has 4 rings (SSSR count). The van der Waals surface area contributed by atoms with Crippen LogP contribution in [0, 0.1) is 0 Å². The number of fused-ring (bicyclic) bond motifs is 2. The van der Waals surface area contributed by atoms with E-state index in [9.17, 15) is 9.59 Å². The molecule has 26 heavy (non-hydrogen) atoms. The van der Waals surface area contributed by atoms with Gasteiger partial charge in [0.15, 0.2) is 11.5 Å². The van der Waals surface area contributed by atoms with Gasteiger partial charge in [-0.05, 0) is 42.7 Å². The van der Waals surface area contributed by atoms with Crippen molar-refractivity contribution < 1.29 is 19.1 Å². The van der Waals surface area contributed by atoms with Crippen LogP contribution in [-0.4, -0.2) is 31.7 Å². The summed E-state index contributed by atoms with van der Waals surface area (Å²) in [6.07, 6.45) is 2.03. The Hall–Kier alpha value is -3.22. The third-order valence-electron chi connectivity index (χ3n) is 4.49. The number of nitrogens with one attached hydrogen (secondary N) is 2. The first-order valence-corrected chi connectivity index (χ1v) is 8.52. The van der Waals surface area contributed by atoms with Gasteiger partial charge >= 0.3 is 0 Å². The van der Waals surface area contributed by atoms with Gasteiger partial charge in [-0.25, -0.2) is 0 Å². The second-order valence-corrected chi connectivity index (χ2v) is 6.22. The van der Waals surface area contributed by atoms with Crippen LogP contribution in [0.4, 0.5) is 5.69 Å². The highest BCUT2D eigenvalue weighted by atomic mass is 16.7. The van der Waals surface area contributed by atoms with Crippen molar-refractivity contribution in [2.75, 3.05) is 24.8 Å². The van der Waals surface area contributed by atoms with Gasteiger partial charge in [0, 0.05) is 17.8 Å². The fraction of sp³-hybridized carbons (Fsp3) is 0.263. The van der Waals surface area contributed by atoms with Crippen LogP contribution in [0.25, 0.3) is 0 Å². The summed E-state index contributed by atoms with van der Waals surface area (Å²) in [6.45, 7) is 1.16. The Bertz CT molecular complexity index is 852. The fourth-order valence-electron chi connectivity index (χ4n) is 3.23. The topological polar surface area (TPSA) is 79.9 Å². The molecule has 0 spiro atoms. The molecule has 2 heterocycles. The molecule has 0 fully saturated rings. The highest BCUT2D eigenvalue weighted by molar-refractivity contribution is 5.96. The Morgan fingerprint density at radius 3 is 2.81 bits per heavy atom. The molecule has 2 aliphatic rings. The summed E-state index contributed by atoms with van der Waals surface area (Å²) < 4.78 is 10.5. The van der Waals surface area contributed by atoms with Gasteiger partial charge in [0.2, 0.25) is 6.79 Å². The Morgan fingerprint density at radius 2 is 1.88 bits per heavy atom. The number of para-hydroxylation sites is 1. The number of hydrogen-bond donors (Lipinski definition) is 2. The van der Waals surface area contributed by atoms with Crippen LogP contribution in [0.15, 0.2) is 42.5 Å². The van der Waals surface area contributed by atoms with Gasteiger partial charge in [-0.3, -0.25) is 20.4 Å². The van der Waals surface area contributed by atoms with Crippen molar-refractivity contribution in [1.29, 1.82) is 0 Å². The van der Waals surface area contributed by atoms with Crippen LogP contribution in [0.1, 0.15) is 22.3 Å². The highest BCUT2D eigenvalue weighted by Crippen LogP contribution is 2.32. The Kier molecular flexibility index (Phi) is 4.35. The standard InChI is InChI=1S/C19H19N3O4/c23-18(11-22-9-3-5-13-4-1-2-6-15(13)22)20-21-19(24)14-7-8-16-17(10-14)26-12-25-16/h1-2,4,6-8,10H,3,5,9,11-12H2,(H,20,23)(H,21,24). The quantitative estimate of drug-likeness (QED) is 0.820. The van der Waals surface area contributed by atoms with Crippen molar-refractivity contribution >= 4 is 17.5 Å². The number of anilines is 1. The second-order valence-electron chi connectivity index (χ2n) is 6.22. The number of aryl methyl sites for hydroxylation is 1. The molecule has 7 nitrogen and oxygen atoms in total. The largest absolute Gasteiger partial charge is 0.454 e. The number of hydrogen-bond acceptors (Lipinski definition) is 5. The average molecular weight is 353 g/mol. The third-order valence-corrected chi connectivity index (χ3v) is 4.49. The molecule has 0 aliphatic carbocycles. The Morgan fingerprint density at radius 1 is 1.04 bits per heavy atom. The van der Waals surface area contributed by atoms with E-state index in [-0.39, 0.29) is 19.2 Å². The molecule has 0 aromatic heterocycles. The minimum atomic E-state index is -0.407.